The van der Waals surface area contributed by atoms with E-state index in [1.807, 2.05) is 0 Å². The fourth-order valence-electron chi connectivity index (χ4n) is 0.650. The molecule has 0 spiro atoms. The van der Waals surface area contributed by atoms with Crippen LogP contribution in [0.2, 0.25) is 0 Å². The lowest BCUT2D eigenvalue weighted by Gasteiger charge is -2.27. The minimum Gasteiger partial charge on any atom is -0.313 e. The number of hydrogen-bond acceptors (Lipinski definition) is 4. The highest BCUT2D eigenvalue weighted by molar-refractivity contribution is 4.83. The molecule has 0 aromatic carbocycles. The molecule has 0 rings (SSSR count). The van der Waals surface area contributed by atoms with Gasteiger partial charge in [-0.05, 0) is 6.42 Å². The maximum absolute atomic E-state index is 5.57. The first kappa shape index (κ1) is 9.84. The minimum atomic E-state index is -0.893. The van der Waals surface area contributed by atoms with Gasteiger partial charge in [0.05, 0.1) is 11.8 Å². The van der Waals surface area contributed by atoms with E-state index in [1.54, 1.807) is 0 Å². The highest BCUT2D eigenvalue weighted by atomic mass is 15.1. The molecule has 0 aromatic rings. The molecule has 0 aromatic heterocycles. The summed E-state index contributed by atoms with van der Waals surface area (Å²) in [6.07, 6.45) is 2.08. The Morgan fingerprint density at radius 3 is 2.10 bits per heavy atom. The van der Waals surface area contributed by atoms with Crippen LogP contribution < -0.4 is 22.9 Å². The van der Waals surface area contributed by atoms with Gasteiger partial charge in [0.1, 0.15) is 0 Å². The molecule has 8 N–H and O–H groups in total. The van der Waals surface area contributed by atoms with E-state index in [0.29, 0.717) is 6.42 Å². The average molecular weight is 146 g/mol. The predicted molar refractivity (Wildman–Crippen MR) is 42.8 cm³/mol. The highest BCUT2D eigenvalue weighted by Crippen LogP contribution is 2.04. The van der Waals surface area contributed by atoms with Crippen LogP contribution in [-0.2, 0) is 0 Å². The zero-order valence-corrected chi connectivity index (χ0v) is 6.51. The average Bonchev–Trinajstić information content (AvgIpc) is 1.84. The van der Waals surface area contributed by atoms with E-state index in [0.717, 1.165) is 12.8 Å². The Kier molecular flexibility index (Phi) is 3.81. The molecule has 62 valence electrons. The van der Waals surface area contributed by atoms with Gasteiger partial charge in [0.25, 0.3) is 0 Å². The minimum absolute atomic E-state index is 0.626. The lowest BCUT2D eigenvalue weighted by Crippen LogP contribution is -2.66. The van der Waals surface area contributed by atoms with Gasteiger partial charge in [0, 0.05) is 0 Å². The van der Waals surface area contributed by atoms with Crippen molar-refractivity contribution in [2.75, 3.05) is 0 Å². The van der Waals surface area contributed by atoms with E-state index < -0.39 is 11.8 Å². The molecule has 0 saturated carbocycles. The Hall–Kier alpha value is -0.160. The lowest BCUT2D eigenvalue weighted by atomic mass is 10.0. The molecule has 0 saturated heterocycles. The first-order valence-corrected chi connectivity index (χ1v) is 3.59. The Bertz CT molecular complexity index is 89.7. The summed E-state index contributed by atoms with van der Waals surface area (Å²) in [4.78, 5) is 0. The fraction of sp³-hybridized carbons (Fsp3) is 1.00. The van der Waals surface area contributed by atoms with Crippen LogP contribution >= 0.6 is 0 Å². The Morgan fingerprint density at radius 1 is 1.30 bits per heavy atom. The molecule has 0 aliphatic heterocycles. The van der Waals surface area contributed by atoms with Crippen molar-refractivity contribution < 1.29 is 0 Å². The summed E-state index contributed by atoms with van der Waals surface area (Å²) in [6, 6.07) is 0. The van der Waals surface area contributed by atoms with E-state index in [2.05, 4.69) is 6.92 Å². The van der Waals surface area contributed by atoms with Crippen LogP contribution in [0.1, 0.15) is 26.2 Å². The summed E-state index contributed by atoms with van der Waals surface area (Å²) in [5.41, 5.74) is 20.9. The Labute approximate surface area is 61.9 Å². The smallest absolute Gasteiger partial charge is 0.0925 e. The van der Waals surface area contributed by atoms with E-state index in [1.165, 1.54) is 0 Å². The predicted octanol–water partition coefficient (Wildman–Crippen LogP) is -0.966. The van der Waals surface area contributed by atoms with Gasteiger partial charge in [-0.2, -0.15) is 0 Å². The molecule has 0 heterocycles. The molecule has 10 heavy (non-hydrogen) atoms. The maximum atomic E-state index is 5.57. The highest BCUT2D eigenvalue weighted by Gasteiger charge is 2.23. The van der Waals surface area contributed by atoms with E-state index in [-0.39, 0.29) is 0 Å². The zero-order valence-electron chi connectivity index (χ0n) is 6.51. The third kappa shape index (κ3) is 3.12. The summed E-state index contributed by atoms with van der Waals surface area (Å²) < 4.78 is 0. The second kappa shape index (κ2) is 3.88. The van der Waals surface area contributed by atoms with Crippen LogP contribution in [0.25, 0.3) is 0 Å². The van der Waals surface area contributed by atoms with Crippen molar-refractivity contribution >= 4 is 0 Å². The zero-order chi connectivity index (χ0) is 8.20. The molecule has 0 fully saturated rings. The standard InChI is InChI=1S/C6H18N4/c1-2-3-4-6(9,10)5(7)8/h5H,2-4,7-10H2,1H3. The van der Waals surface area contributed by atoms with Gasteiger partial charge in [-0.15, -0.1) is 0 Å². The summed E-state index contributed by atoms with van der Waals surface area (Å²) in [6.45, 7) is 2.07. The molecule has 0 amide bonds. The maximum Gasteiger partial charge on any atom is 0.0925 e. The van der Waals surface area contributed by atoms with Gasteiger partial charge in [-0.3, -0.25) is 0 Å². The van der Waals surface area contributed by atoms with Crippen molar-refractivity contribution in [3.8, 4) is 0 Å². The van der Waals surface area contributed by atoms with Gasteiger partial charge < -0.3 is 22.9 Å². The largest absolute Gasteiger partial charge is 0.313 e. The molecule has 0 unspecified atom stereocenters. The van der Waals surface area contributed by atoms with Crippen molar-refractivity contribution in [1.29, 1.82) is 0 Å². The summed E-state index contributed by atoms with van der Waals surface area (Å²) >= 11 is 0. The van der Waals surface area contributed by atoms with Crippen molar-refractivity contribution in [2.24, 2.45) is 22.9 Å². The molecule has 0 aliphatic rings. The van der Waals surface area contributed by atoms with Gasteiger partial charge in [-0.25, -0.2) is 0 Å². The van der Waals surface area contributed by atoms with E-state index in [9.17, 15) is 0 Å². The number of unbranched alkanes of at least 4 members (excludes halogenated alkanes) is 1. The molecular formula is C6H18N4. The molecule has 0 aliphatic carbocycles. The van der Waals surface area contributed by atoms with Crippen LogP contribution in [0.15, 0.2) is 0 Å². The number of rotatable bonds is 4. The van der Waals surface area contributed by atoms with Gasteiger partial charge >= 0.3 is 0 Å². The van der Waals surface area contributed by atoms with Gasteiger partial charge in [0.15, 0.2) is 0 Å². The fourth-order valence-corrected chi connectivity index (χ4v) is 0.650. The van der Waals surface area contributed by atoms with E-state index >= 15 is 0 Å². The first-order valence-electron chi connectivity index (χ1n) is 3.59. The van der Waals surface area contributed by atoms with E-state index in [4.69, 9.17) is 22.9 Å². The third-order valence-electron chi connectivity index (χ3n) is 1.58. The Morgan fingerprint density at radius 2 is 1.80 bits per heavy atom. The van der Waals surface area contributed by atoms with Gasteiger partial charge in [-0.1, -0.05) is 19.8 Å². The molecule has 4 nitrogen and oxygen atoms in total. The summed E-state index contributed by atoms with van der Waals surface area (Å²) in [5.74, 6) is 0. The number of hydrogen-bond donors (Lipinski definition) is 4. The molecule has 0 atom stereocenters. The normalized spacial score (nSPS) is 12.6. The monoisotopic (exact) mass is 146 g/mol. The SMILES string of the molecule is CCCCC(N)(N)C(N)N. The summed E-state index contributed by atoms with van der Waals surface area (Å²) in [7, 11) is 0. The van der Waals surface area contributed by atoms with Crippen LogP contribution in [0.5, 0.6) is 0 Å². The van der Waals surface area contributed by atoms with Crippen molar-refractivity contribution in [1.82, 2.24) is 0 Å². The van der Waals surface area contributed by atoms with Crippen molar-refractivity contribution in [3.63, 3.8) is 0 Å². The van der Waals surface area contributed by atoms with Crippen LogP contribution in [-0.4, -0.2) is 11.8 Å². The molecule has 0 radical (unpaired) electrons. The van der Waals surface area contributed by atoms with Crippen LogP contribution in [0.4, 0.5) is 0 Å². The van der Waals surface area contributed by atoms with Crippen LogP contribution in [0.3, 0.4) is 0 Å². The summed E-state index contributed by atoms with van der Waals surface area (Å²) in [5, 5.41) is 0. The van der Waals surface area contributed by atoms with Crippen molar-refractivity contribution in [3.05, 3.63) is 0 Å². The quantitative estimate of drug-likeness (QED) is 0.383. The van der Waals surface area contributed by atoms with Gasteiger partial charge in [0.2, 0.25) is 0 Å². The van der Waals surface area contributed by atoms with Crippen LogP contribution in [0, 0.1) is 0 Å². The second-order valence-electron chi connectivity index (χ2n) is 2.74. The van der Waals surface area contributed by atoms with Crippen molar-refractivity contribution in [2.45, 2.75) is 38.0 Å². The Balaban J connectivity index is 3.63. The molecule has 4 heteroatoms. The first-order chi connectivity index (χ1) is 4.50. The molecular weight excluding hydrogens is 128 g/mol. The third-order valence-corrected chi connectivity index (χ3v) is 1.58. The molecule has 0 bridgehead atoms. The lowest BCUT2D eigenvalue weighted by molar-refractivity contribution is 0.327. The topological polar surface area (TPSA) is 104 Å². The second-order valence-corrected chi connectivity index (χ2v) is 2.74. The number of nitrogens with two attached hydrogens (primary N) is 4.